The van der Waals surface area contributed by atoms with E-state index in [0.717, 1.165) is 18.4 Å². The van der Waals surface area contributed by atoms with Gasteiger partial charge in [0.1, 0.15) is 11.6 Å². The smallest absolute Gasteiger partial charge is 0.411 e. The molecule has 0 radical (unpaired) electrons. The van der Waals surface area contributed by atoms with Gasteiger partial charge in [0.05, 0.1) is 0 Å². The van der Waals surface area contributed by atoms with Crippen LogP contribution in [0.3, 0.4) is 0 Å². The number of amides is 1. The first-order valence-electron chi connectivity index (χ1n) is 8.04. The molecule has 2 unspecified atom stereocenters. The number of nitrogens with zero attached hydrogens (tertiary/aromatic N) is 1. The predicted molar refractivity (Wildman–Crippen MR) is 87.2 cm³/mol. The molecule has 0 aromatic heterocycles. The zero-order valence-electron chi connectivity index (χ0n) is 14.0. The minimum Gasteiger partial charge on any atom is -0.480 e. The number of rotatable bonds is 3. The first kappa shape index (κ1) is 17.3. The van der Waals surface area contributed by atoms with E-state index < -0.39 is 23.7 Å². The lowest BCUT2D eigenvalue weighted by Crippen LogP contribution is -2.54. The summed E-state index contributed by atoms with van der Waals surface area (Å²) >= 11 is 0. The Labute approximate surface area is 137 Å². The van der Waals surface area contributed by atoms with E-state index in [2.05, 4.69) is 0 Å². The molecule has 1 aliphatic rings. The molecule has 1 N–H and O–H groups in total. The van der Waals surface area contributed by atoms with Gasteiger partial charge >= 0.3 is 12.1 Å². The Morgan fingerprint density at radius 2 is 1.91 bits per heavy atom. The number of hydrogen-bond donors (Lipinski definition) is 1. The lowest BCUT2D eigenvalue weighted by Gasteiger charge is -2.39. The number of aliphatic carboxylic acids is 1. The standard InChI is InChI=1S/C18H25NO4/c1-18(2,3)23-17(22)19-11-7-10-14(15(19)16(20)21)12-13-8-5-4-6-9-13/h4-6,8-9,14-15H,7,10-12H2,1-3H3,(H,20,21). The fourth-order valence-electron chi connectivity index (χ4n) is 3.07. The van der Waals surface area contributed by atoms with Crippen molar-refractivity contribution in [3.63, 3.8) is 0 Å². The van der Waals surface area contributed by atoms with Gasteiger partial charge in [-0.2, -0.15) is 0 Å². The maximum atomic E-state index is 12.4. The van der Waals surface area contributed by atoms with Crippen molar-refractivity contribution >= 4 is 12.1 Å². The van der Waals surface area contributed by atoms with Gasteiger partial charge in [-0.3, -0.25) is 4.90 Å². The predicted octanol–water partition coefficient (Wildman–Crippen LogP) is 3.33. The van der Waals surface area contributed by atoms with Gasteiger partial charge in [-0.1, -0.05) is 30.3 Å². The van der Waals surface area contributed by atoms with Crippen molar-refractivity contribution in [1.82, 2.24) is 4.90 Å². The monoisotopic (exact) mass is 319 g/mol. The van der Waals surface area contributed by atoms with Gasteiger partial charge < -0.3 is 9.84 Å². The number of benzene rings is 1. The maximum absolute atomic E-state index is 12.4. The fraction of sp³-hybridized carbons (Fsp3) is 0.556. The summed E-state index contributed by atoms with van der Waals surface area (Å²) < 4.78 is 5.38. The Kier molecular flexibility index (Phi) is 5.29. The molecule has 0 saturated carbocycles. The van der Waals surface area contributed by atoms with Gasteiger partial charge in [0.2, 0.25) is 0 Å². The van der Waals surface area contributed by atoms with Crippen LogP contribution in [-0.2, 0) is 16.0 Å². The Bertz CT molecular complexity index is 550. The van der Waals surface area contributed by atoms with Crippen molar-refractivity contribution < 1.29 is 19.4 Å². The molecule has 1 saturated heterocycles. The number of likely N-dealkylation sites (tertiary alicyclic amines) is 1. The number of ether oxygens (including phenoxy) is 1. The first-order chi connectivity index (χ1) is 10.8. The van der Waals surface area contributed by atoms with Gasteiger partial charge in [-0.15, -0.1) is 0 Å². The van der Waals surface area contributed by atoms with Crippen LogP contribution in [0.1, 0.15) is 39.2 Å². The van der Waals surface area contributed by atoms with Crippen LogP contribution in [0.2, 0.25) is 0 Å². The molecule has 0 aliphatic carbocycles. The second-order valence-electron chi connectivity index (χ2n) is 7.05. The second kappa shape index (κ2) is 7.02. The highest BCUT2D eigenvalue weighted by atomic mass is 16.6. The average Bonchev–Trinajstić information content (AvgIpc) is 2.46. The molecule has 126 valence electrons. The summed E-state index contributed by atoms with van der Waals surface area (Å²) in [5.74, 6) is -1.06. The molecule has 5 heteroatoms. The Morgan fingerprint density at radius 1 is 1.26 bits per heavy atom. The average molecular weight is 319 g/mol. The Morgan fingerprint density at radius 3 is 2.48 bits per heavy atom. The van der Waals surface area contributed by atoms with Crippen molar-refractivity contribution in [1.29, 1.82) is 0 Å². The summed E-state index contributed by atoms with van der Waals surface area (Å²) in [5.41, 5.74) is 0.460. The van der Waals surface area contributed by atoms with Gasteiger partial charge in [0.25, 0.3) is 0 Å². The van der Waals surface area contributed by atoms with Crippen LogP contribution in [0.4, 0.5) is 4.79 Å². The third kappa shape index (κ3) is 4.71. The zero-order chi connectivity index (χ0) is 17.0. The molecule has 1 fully saturated rings. The molecule has 1 aromatic carbocycles. The maximum Gasteiger partial charge on any atom is 0.411 e. The summed E-state index contributed by atoms with van der Waals surface area (Å²) in [5, 5.41) is 9.65. The van der Waals surface area contributed by atoms with Gasteiger partial charge in [0.15, 0.2) is 0 Å². The Balaban J connectivity index is 2.16. The molecule has 5 nitrogen and oxygen atoms in total. The van der Waals surface area contributed by atoms with Crippen molar-refractivity contribution in [3.8, 4) is 0 Å². The van der Waals surface area contributed by atoms with Crippen LogP contribution in [0.15, 0.2) is 30.3 Å². The molecule has 0 bridgehead atoms. The van der Waals surface area contributed by atoms with Crippen LogP contribution in [0, 0.1) is 5.92 Å². The highest BCUT2D eigenvalue weighted by Crippen LogP contribution is 2.28. The largest absolute Gasteiger partial charge is 0.480 e. The number of carboxylic acids is 1. The number of carbonyl (C=O) groups is 2. The Hall–Kier alpha value is -2.04. The summed E-state index contributed by atoms with van der Waals surface area (Å²) in [6.45, 7) is 5.78. The zero-order valence-corrected chi connectivity index (χ0v) is 14.0. The second-order valence-corrected chi connectivity index (χ2v) is 7.05. The molecule has 1 aliphatic heterocycles. The van der Waals surface area contributed by atoms with Crippen LogP contribution < -0.4 is 0 Å². The SMILES string of the molecule is CC(C)(C)OC(=O)N1CCCC(Cc2ccccc2)C1C(=O)O. The summed E-state index contributed by atoms with van der Waals surface area (Å²) in [4.78, 5) is 25.5. The van der Waals surface area contributed by atoms with E-state index >= 15 is 0 Å². The highest BCUT2D eigenvalue weighted by Gasteiger charge is 2.40. The molecule has 1 heterocycles. The molecule has 2 atom stereocenters. The quantitative estimate of drug-likeness (QED) is 0.928. The lowest BCUT2D eigenvalue weighted by molar-refractivity contribution is -0.146. The molecule has 0 spiro atoms. The minimum atomic E-state index is -0.962. The van der Waals surface area contributed by atoms with Gasteiger partial charge in [-0.25, -0.2) is 9.59 Å². The third-order valence-corrected chi connectivity index (χ3v) is 3.98. The van der Waals surface area contributed by atoms with Gasteiger partial charge in [0, 0.05) is 6.54 Å². The van der Waals surface area contributed by atoms with E-state index in [1.807, 2.05) is 30.3 Å². The van der Waals surface area contributed by atoms with E-state index in [-0.39, 0.29) is 5.92 Å². The van der Waals surface area contributed by atoms with Crippen LogP contribution in [-0.4, -0.2) is 40.3 Å². The summed E-state index contributed by atoms with van der Waals surface area (Å²) in [6, 6.07) is 8.97. The third-order valence-electron chi connectivity index (χ3n) is 3.98. The molecule has 2 rings (SSSR count). The summed E-state index contributed by atoms with van der Waals surface area (Å²) in [6.07, 6.45) is 1.70. The number of hydrogen-bond acceptors (Lipinski definition) is 3. The van der Waals surface area contributed by atoms with Crippen molar-refractivity contribution in [2.24, 2.45) is 5.92 Å². The lowest BCUT2D eigenvalue weighted by atomic mass is 9.84. The van der Waals surface area contributed by atoms with Crippen LogP contribution in [0.5, 0.6) is 0 Å². The van der Waals surface area contributed by atoms with E-state index in [1.165, 1.54) is 4.90 Å². The van der Waals surface area contributed by atoms with Crippen molar-refractivity contribution in [2.75, 3.05) is 6.54 Å². The molecule has 1 aromatic rings. The van der Waals surface area contributed by atoms with Crippen LogP contribution >= 0.6 is 0 Å². The fourth-order valence-corrected chi connectivity index (χ4v) is 3.07. The highest BCUT2D eigenvalue weighted by molar-refractivity contribution is 5.80. The van der Waals surface area contributed by atoms with Crippen molar-refractivity contribution in [2.45, 2.75) is 51.7 Å². The van der Waals surface area contributed by atoms with E-state index in [0.29, 0.717) is 13.0 Å². The van der Waals surface area contributed by atoms with E-state index in [1.54, 1.807) is 20.8 Å². The molecule has 23 heavy (non-hydrogen) atoms. The number of carboxylic acid groups (broad SMARTS) is 1. The number of piperidine rings is 1. The molecular weight excluding hydrogens is 294 g/mol. The first-order valence-corrected chi connectivity index (χ1v) is 8.04. The number of carbonyl (C=O) groups excluding carboxylic acids is 1. The molecular formula is C18H25NO4. The van der Waals surface area contributed by atoms with Crippen molar-refractivity contribution in [3.05, 3.63) is 35.9 Å². The summed E-state index contributed by atoms with van der Waals surface area (Å²) in [7, 11) is 0. The normalized spacial score (nSPS) is 21.8. The van der Waals surface area contributed by atoms with E-state index in [4.69, 9.17) is 4.74 Å². The minimum absolute atomic E-state index is 0.101. The van der Waals surface area contributed by atoms with Crippen LogP contribution in [0.25, 0.3) is 0 Å². The van der Waals surface area contributed by atoms with E-state index in [9.17, 15) is 14.7 Å². The molecule has 1 amide bonds. The topological polar surface area (TPSA) is 66.8 Å². The van der Waals surface area contributed by atoms with Gasteiger partial charge in [-0.05, 0) is 51.5 Å².